The second-order valence-corrected chi connectivity index (χ2v) is 11.5. The van der Waals surface area contributed by atoms with Crippen molar-refractivity contribution >= 4 is 23.2 Å². The normalized spacial score (nSPS) is 16.1. The molecule has 0 aromatic heterocycles. The number of aryl methyl sites for hydroxylation is 2. The SMILES string of the molecule is C=C(CCCCC(=O)N[C@@H](Cc1ccc2c(c1)SCCO2)CN1CCCC1)c1cc(C)c(OC)c(C)c1. The van der Waals surface area contributed by atoms with Gasteiger partial charge in [0.05, 0.1) is 13.7 Å². The number of hydrogen-bond donors (Lipinski definition) is 1. The Morgan fingerprint density at radius 2 is 1.86 bits per heavy atom. The number of ether oxygens (including phenoxy) is 2. The van der Waals surface area contributed by atoms with Crippen molar-refractivity contribution in [2.75, 3.05) is 39.1 Å². The third-order valence-electron chi connectivity index (χ3n) is 7.34. The molecule has 1 saturated heterocycles. The fourth-order valence-corrected chi connectivity index (χ4v) is 6.37. The Bertz CT molecular complexity index is 1070. The molecule has 4 rings (SSSR count). The minimum atomic E-state index is 0.123. The molecule has 6 heteroatoms. The van der Waals surface area contributed by atoms with Gasteiger partial charge in [0.2, 0.25) is 5.91 Å². The standard InChI is InChI=1S/C31H42N2O3S/c1-22(26-17-23(2)31(35-4)24(3)18-26)9-5-6-10-30(34)32-27(21-33-13-7-8-14-33)19-25-11-12-28-29(20-25)37-16-15-36-28/h11-12,17-18,20,27H,1,5-10,13-16,19,21H2,2-4H3,(H,32,34)/t27-/m0/s1. The fraction of sp³-hybridized carbons (Fsp3) is 0.516. The van der Waals surface area contributed by atoms with Crippen LogP contribution in [0.15, 0.2) is 41.8 Å². The molecule has 200 valence electrons. The quantitative estimate of drug-likeness (QED) is 0.337. The summed E-state index contributed by atoms with van der Waals surface area (Å²) in [6.45, 7) is 12.4. The highest BCUT2D eigenvalue weighted by atomic mass is 32.2. The molecule has 1 atom stereocenters. The molecule has 0 unspecified atom stereocenters. The van der Waals surface area contributed by atoms with Crippen LogP contribution in [-0.2, 0) is 11.2 Å². The van der Waals surface area contributed by atoms with E-state index in [2.05, 4.69) is 61.0 Å². The van der Waals surface area contributed by atoms with Crippen LogP contribution in [0.3, 0.4) is 0 Å². The lowest BCUT2D eigenvalue weighted by Crippen LogP contribution is -2.44. The molecule has 0 radical (unpaired) electrons. The molecular formula is C31H42N2O3S. The number of carbonyl (C=O) groups excluding carboxylic acids is 1. The van der Waals surface area contributed by atoms with E-state index in [0.29, 0.717) is 6.42 Å². The molecule has 37 heavy (non-hydrogen) atoms. The average Bonchev–Trinajstić information content (AvgIpc) is 3.39. The Morgan fingerprint density at radius 3 is 2.59 bits per heavy atom. The van der Waals surface area contributed by atoms with Gasteiger partial charge in [-0.1, -0.05) is 12.6 Å². The van der Waals surface area contributed by atoms with Crippen molar-refractivity contribution in [3.05, 3.63) is 59.2 Å². The van der Waals surface area contributed by atoms with Gasteiger partial charge in [0.25, 0.3) is 0 Å². The number of thioether (sulfide) groups is 1. The highest BCUT2D eigenvalue weighted by molar-refractivity contribution is 7.99. The smallest absolute Gasteiger partial charge is 0.220 e. The van der Waals surface area contributed by atoms with E-state index in [-0.39, 0.29) is 11.9 Å². The number of rotatable bonds is 12. The minimum absolute atomic E-state index is 0.123. The van der Waals surface area contributed by atoms with Crippen LogP contribution < -0.4 is 14.8 Å². The lowest BCUT2D eigenvalue weighted by molar-refractivity contribution is -0.122. The summed E-state index contributed by atoms with van der Waals surface area (Å²) in [6.07, 6.45) is 6.62. The highest BCUT2D eigenvalue weighted by Gasteiger charge is 2.21. The maximum Gasteiger partial charge on any atom is 0.220 e. The van der Waals surface area contributed by atoms with Crippen LogP contribution in [0.1, 0.15) is 60.8 Å². The van der Waals surface area contributed by atoms with Gasteiger partial charge in [-0.3, -0.25) is 4.79 Å². The van der Waals surface area contributed by atoms with E-state index in [1.54, 1.807) is 7.11 Å². The van der Waals surface area contributed by atoms with Crippen molar-refractivity contribution in [2.24, 2.45) is 0 Å². The monoisotopic (exact) mass is 522 g/mol. The van der Waals surface area contributed by atoms with Gasteiger partial charge in [0, 0.05) is 29.7 Å². The molecule has 0 aliphatic carbocycles. The Kier molecular flexibility index (Phi) is 9.98. The Morgan fingerprint density at radius 1 is 1.14 bits per heavy atom. The van der Waals surface area contributed by atoms with E-state index in [1.807, 2.05) is 11.8 Å². The molecule has 2 aromatic rings. The molecule has 2 aliphatic heterocycles. The number of unbranched alkanes of at least 4 members (excludes halogenated alkanes) is 1. The Hall–Kier alpha value is -2.44. The molecule has 1 amide bonds. The Balaban J connectivity index is 1.27. The molecule has 2 heterocycles. The minimum Gasteiger partial charge on any atom is -0.496 e. The van der Waals surface area contributed by atoms with Crippen molar-refractivity contribution in [3.8, 4) is 11.5 Å². The maximum atomic E-state index is 12.9. The van der Waals surface area contributed by atoms with Crippen LogP contribution in [0.2, 0.25) is 0 Å². The zero-order valence-corrected chi connectivity index (χ0v) is 23.6. The van der Waals surface area contributed by atoms with Crippen LogP contribution in [-0.4, -0.2) is 56.0 Å². The van der Waals surface area contributed by atoms with E-state index >= 15 is 0 Å². The van der Waals surface area contributed by atoms with Crippen LogP contribution in [0.5, 0.6) is 11.5 Å². The molecule has 0 spiro atoms. The summed E-state index contributed by atoms with van der Waals surface area (Å²) in [5, 5.41) is 3.36. The summed E-state index contributed by atoms with van der Waals surface area (Å²) in [5.74, 6) is 3.08. The maximum absolute atomic E-state index is 12.9. The van der Waals surface area contributed by atoms with Gasteiger partial charge in [-0.15, -0.1) is 11.8 Å². The van der Waals surface area contributed by atoms with Gasteiger partial charge < -0.3 is 19.7 Å². The molecule has 1 N–H and O–H groups in total. The summed E-state index contributed by atoms with van der Waals surface area (Å²) in [4.78, 5) is 16.6. The summed E-state index contributed by atoms with van der Waals surface area (Å²) < 4.78 is 11.3. The zero-order chi connectivity index (χ0) is 26.2. The second kappa shape index (κ2) is 13.4. The van der Waals surface area contributed by atoms with Crippen molar-refractivity contribution in [1.29, 1.82) is 0 Å². The van der Waals surface area contributed by atoms with Crippen LogP contribution >= 0.6 is 11.8 Å². The number of carbonyl (C=O) groups is 1. The third-order valence-corrected chi connectivity index (χ3v) is 8.34. The van der Waals surface area contributed by atoms with Crippen molar-refractivity contribution in [2.45, 2.75) is 69.7 Å². The van der Waals surface area contributed by atoms with Crippen LogP contribution in [0, 0.1) is 13.8 Å². The summed E-state index contributed by atoms with van der Waals surface area (Å²) in [7, 11) is 1.71. The first-order chi connectivity index (χ1) is 17.9. The average molecular weight is 523 g/mol. The largest absolute Gasteiger partial charge is 0.496 e. The summed E-state index contributed by atoms with van der Waals surface area (Å²) >= 11 is 1.86. The number of fused-ring (bicyclic) bond motifs is 1. The van der Waals surface area contributed by atoms with Crippen molar-refractivity contribution in [3.63, 3.8) is 0 Å². The topological polar surface area (TPSA) is 50.8 Å². The number of amides is 1. The van der Waals surface area contributed by atoms with Gasteiger partial charge >= 0.3 is 0 Å². The third kappa shape index (κ3) is 7.78. The lowest BCUT2D eigenvalue weighted by atomic mass is 9.97. The number of nitrogens with one attached hydrogen (secondary N) is 1. The lowest BCUT2D eigenvalue weighted by Gasteiger charge is -2.25. The van der Waals surface area contributed by atoms with Gasteiger partial charge in [-0.25, -0.2) is 0 Å². The predicted molar refractivity (Wildman–Crippen MR) is 154 cm³/mol. The molecule has 0 saturated carbocycles. The number of nitrogens with zero attached hydrogens (tertiary/aromatic N) is 1. The molecule has 5 nitrogen and oxygen atoms in total. The molecular weight excluding hydrogens is 480 g/mol. The molecule has 2 aromatic carbocycles. The van der Waals surface area contributed by atoms with Crippen LogP contribution in [0.25, 0.3) is 5.57 Å². The molecule has 0 bridgehead atoms. The molecule has 2 aliphatic rings. The summed E-state index contributed by atoms with van der Waals surface area (Å²) in [6, 6.07) is 10.9. The second-order valence-electron chi connectivity index (χ2n) is 10.4. The van der Waals surface area contributed by atoms with Gasteiger partial charge in [-0.2, -0.15) is 0 Å². The number of methoxy groups -OCH3 is 1. The van der Waals surface area contributed by atoms with Gasteiger partial charge in [0.15, 0.2) is 0 Å². The van der Waals surface area contributed by atoms with Gasteiger partial charge in [0.1, 0.15) is 11.5 Å². The summed E-state index contributed by atoms with van der Waals surface area (Å²) in [5.41, 5.74) is 5.82. The van der Waals surface area contributed by atoms with E-state index in [0.717, 1.165) is 85.9 Å². The highest BCUT2D eigenvalue weighted by Crippen LogP contribution is 2.34. The number of benzene rings is 2. The number of hydrogen-bond acceptors (Lipinski definition) is 5. The zero-order valence-electron chi connectivity index (χ0n) is 22.7. The molecule has 1 fully saturated rings. The van der Waals surface area contributed by atoms with E-state index < -0.39 is 0 Å². The fourth-order valence-electron chi connectivity index (χ4n) is 5.48. The van der Waals surface area contributed by atoms with Gasteiger partial charge in [-0.05, 0) is 118 Å². The van der Waals surface area contributed by atoms with Crippen LogP contribution in [0.4, 0.5) is 0 Å². The number of likely N-dealkylation sites (tertiary alicyclic amines) is 1. The van der Waals surface area contributed by atoms with E-state index in [1.165, 1.54) is 28.9 Å². The Labute approximate surface area is 227 Å². The predicted octanol–water partition coefficient (Wildman–Crippen LogP) is 6.19. The number of allylic oxidation sites excluding steroid dienone is 1. The van der Waals surface area contributed by atoms with Crippen molar-refractivity contribution < 1.29 is 14.3 Å². The van der Waals surface area contributed by atoms with E-state index in [9.17, 15) is 4.79 Å². The first-order valence-corrected chi connectivity index (χ1v) is 14.6. The first kappa shape index (κ1) is 27.6. The van der Waals surface area contributed by atoms with E-state index in [4.69, 9.17) is 9.47 Å². The van der Waals surface area contributed by atoms with Crippen molar-refractivity contribution in [1.82, 2.24) is 10.2 Å². The first-order valence-electron chi connectivity index (χ1n) is 13.7.